The molecule has 0 aromatic carbocycles. The number of aryl methyl sites for hydroxylation is 2. The average Bonchev–Trinajstić information content (AvgIpc) is 2.96. The number of carbonyl (C=O) groups is 1. The molecule has 0 saturated carbocycles. The molecule has 1 amide bonds. The van der Waals surface area contributed by atoms with Crippen LogP contribution in [0.2, 0.25) is 0 Å². The zero-order chi connectivity index (χ0) is 12.8. The van der Waals surface area contributed by atoms with Gasteiger partial charge in [0.25, 0.3) is 0 Å². The summed E-state index contributed by atoms with van der Waals surface area (Å²) in [5.41, 5.74) is 0.917. The predicted molar refractivity (Wildman–Crippen MR) is 66.9 cm³/mol. The molecule has 2 aromatic rings. The molecule has 0 unspecified atom stereocenters. The minimum atomic E-state index is -0.0162. The standard InChI is InChI=1S/C12H17N5O/c1-10-4-8-17(16-10)9-12(18)15-5-2-3-11-13-6-7-14-11/h4,6-8H,2-3,5,9H2,1H3,(H,13,14)(H,15,18). The molecule has 18 heavy (non-hydrogen) atoms. The van der Waals surface area contributed by atoms with Crippen LogP contribution in [-0.2, 0) is 17.8 Å². The smallest absolute Gasteiger partial charge is 0.241 e. The Bertz CT molecular complexity index is 488. The molecule has 96 valence electrons. The van der Waals surface area contributed by atoms with Crippen molar-refractivity contribution < 1.29 is 4.79 Å². The van der Waals surface area contributed by atoms with Crippen molar-refractivity contribution >= 4 is 5.91 Å². The molecular weight excluding hydrogens is 230 g/mol. The number of amides is 1. The Hall–Kier alpha value is -2.11. The lowest BCUT2D eigenvalue weighted by Crippen LogP contribution is -2.28. The van der Waals surface area contributed by atoms with E-state index in [0.29, 0.717) is 6.54 Å². The number of hydrogen-bond acceptors (Lipinski definition) is 3. The second kappa shape index (κ2) is 6.00. The minimum Gasteiger partial charge on any atom is -0.354 e. The van der Waals surface area contributed by atoms with Crippen molar-refractivity contribution in [3.05, 3.63) is 36.2 Å². The maximum absolute atomic E-state index is 11.6. The average molecular weight is 247 g/mol. The monoisotopic (exact) mass is 247 g/mol. The third-order valence-corrected chi connectivity index (χ3v) is 2.55. The summed E-state index contributed by atoms with van der Waals surface area (Å²) in [6.07, 6.45) is 7.05. The fraction of sp³-hybridized carbons (Fsp3) is 0.417. The first-order valence-electron chi connectivity index (χ1n) is 5.99. The van der Waals surface area contributed by atoms with Crippen molar-refractivity contribution in [1.29, 1.82) is 0 Å². The third kappa shape index (κ3) is 3.73. The number of nitrogens with one attached hydrogen (secondary N) is 2. The van der Waals surface area contributed by atoms with Crippen molar-refractivity contribution in [2.24, 2.45) is 0 Å². The molecule has 6 heteroatoms. The summed E-state index contributed by atoms with van der Waals surface area (Å²) in [4.78, 5) is 18.7. The number of hydrogen-bond donors (Lipinski definition) is 2. The number of aromatic nitrogens is 4. The van der Waals surface area contributed by atoms with Gasteiger partial charge in [0.2, 0.25) is 5.91 Å². The molecule has 0 spiro atoms. The van der Waals surface area contributed by atoms with E-state index in [-0.39, 0.29) is 12.5 Å². The molecule has 2 N–H and O–H groups in total. The van der Waals surface area contributed by atoms with Crippen LogP contribution in [0, 0.1) is 6.92 Å². The minimum absolute atomic E-state index is 0.0162. The first kappa shape index (κ1) is 12.3. The summed E-state index contributed by atoms with van der Waals surface area (Å²) in [5.74, 6) is 0.935. The summed E-state index contributed by atoms with van der Waals surface area (Å²) in [5, 5.41) is 7.02. The second-order valence-corrected chi connectivity index (χ2v) is 4.14. The lowest BCUT2D eigenvalue weighted by atomic mass is 10.3. The fourth-order valence-electron chi connectivity index (χ4n) is 1.67. The molecule has 0 bridgehead atoms. The van der Waals surface area contributed by atoms with Gasteiger partial charge in [-0.25, -0.2) is 4.98 Å². The van der Waals surface area contributed by atoms with Gasteiger partial charge >= 0.3 is 0 Å². The first-order valence-corrected chi connectivity index (χ1v) is 5.99. The van der Waals surface area contributed by atoms with E-state index in [1.165, 1.54) is 0 Å². The molecule has 2 heterocycles. The van der Waals surface area contributed by atoms with Crippen molar-refractivity contribution in [1.82, 2.24) is 25.1 Å². The van der Waals surface area contributed by atoms with E-state index >= 15 is 0 Å². The van der Waals surface area contributed by atoms with Gasteiger partial charge in [-0.2, -0.15) is 5.10 Å². The fourth-order valence-corrected chi connectivity index (χ4v) is 1.67. The van der Waals surface area contributed by atoms with E-state index in [1.54, 1.807) is 23.3 Å². The van der Waals surface area contributed by atoms with Crippen molar-refractivity contribution in [2.45, 2.75) is 26.3 Å². The van der Waals surface area contributed by atoms with Gasteiger partial charge < -0.3 is 10.3 Å². The highest BCUT2D eigenvalue weighted by molar-refractivity contribution is 5.75. The first-order chi connectivity index (χ1) is 8.74. The van der Waals surface area contributed by atoms with E-state index in [1.807, 2.05) is 13.0 Å². The van der Waals surface area contributed by atoms with Gasteiger partial charge in [-0.05, 0) is 19.4 Å². The second-order valence-electron chi connectivity index (χ2n) is 4.14. The molecule has 0 fully saturated rings. The van der Waals surface area contributed by atoms with Gasteiger partial charge in [0.1, 0.15) is 12.4 Å². The Morgan fingerprint density at radius 1 is 1.56 bits per heavy atom. The van der Waals surface area contributed by atoms with E-state index in [4.69, 9.17) is 0 Å². The van der Waals surface area contributed by atoms with E-state index in [0.717, 1.165) is 24.4 Å². The quantitative estimate of drug-likeness (QED) is 0.736. The van der Waals surface area contributed by atoms with Gasteiger partial charge in [0.05, 0.1) is 5.69 Å². The number of nitrogens with zero attached hydrogens (tertiary/aromatic N) is 3. The Morgan fingerprint density at radius 2 is 2.44 bits per heavy atom. The Labute approximate surface area is 105 Å². The van der Waals surface area contributed by atoms with Gasteiger partial charge in [-0.15, -0.1) is 0 Å². The van der Waals surface area contributed by atoms with Gasteiger partial charge in [0.15, 0.2) is 0 Å². The van der Waals surface area contributed by atoms with Crippen LogP contribution < -0.4 is 5.32 Å². The summed E-state index contributed by atoms with van der Waals surface area (Å²) in [7, 11) is 0. The zero-order valence-electron chi connectivity index (χ0n) is 10.4. The van der Waals surface area contributed by atoms with Gasteiger partial charge in [-0.3, -0.25) is 9.48 Å². The van der Waals surface area contributed by atoms with Gasteiger partial charge in [0, 0.05) is 31.6 Å². The molecule has 2 aromatic heterocycles. The van der Waals surface area contributed by atoms with Crippen molar-refractivity contribution in [2.75, 3.05) is 6.54 Å². The normalized spacial score (nSPS) is 10.5. The summed E-state index contributed by atoms with van der Waals surface area (Å²) in [6.45, 7) is 2.83. The van der Waals surface area contributed by atoms with Crippen LogP contribution in [0.5, 0.6) is 0 Å². The van der Waals surface area contributed by atoms with Crippen LogP contribution in [0.15, 0.2) is 24.7 Å². The zero-order valence-corrected chi connectivity index (χ0v) is 10.4. The summed E-state index contributed by atoms with van der Waals surface area (Å²) >= 11 is 0. The lowest BCUT2D eigenvalue weighted by Gasteiger charge is -2.04. The third-order valence-electron chi connectivity index (χ3n) is 2.55. The molecular formula is C12H17N5O. The molecule has 0 aliphatic rings. The molecule has 0 atom stereocenters. The molecule has 0 radical (unpaired) electrons. The van der Waals surface area contributed by atoms with Crippen LogP contribution in [-0.4, -0.2) is 32.2 Å². The molecule has 0 saturated heterocycles. The highest BCUT2D eigenvalue weighted by Gasteiger charge is 2.03. The number of carbonyl (C=O) groups excluding carboxylic acids is 1. The van der Waals surface area contributed by atoms with Crippen LogP contribution in [0.1, 0.15) is 17.9 Å². The number of H-pyrrole nitrogens is 1. The van der Waals surface area contributed by atoms with E-state index in [9.17, 15) is 4.79 Å². The molecule has 0 aliphatic carbocycles. The maximum Gasteiger partial charge on any atom is 0.241 e. The van der Waals surface area contributed by atoms with Crippen LogP contribution >= 0.6 is 0 Å². The SMILES string of the molecule is Cc1ccn(CC(=O)NCCCc2ncc[nH]2)n1. The van der Waals surface area contributed by atoms with Crippen molar-refractivity contribution in [3.63, 3.8) is 0 Å². The Balaban J connectivity index is 1.63. The van der Waals surface area contributed by atoms with Gasteiger partial charge in [-0.1, -0.05) is 0 Å². The summed E-state index contributed by atoms with van der Waals surface area (Å²) in [6, 6.07) is 1.88. The number of imidazole rings is 1. The lowest BCUT2D eigenvalue weighted by molar-refractivity contribution is -0.121. The Kier molecular flexibility index (Phi) is 4.11. The molecule has 2 rings (SSSR count). The Morgan fingerprint density at radius 3 is 3.11 bits per heavy atom. The van der Waals surface area contributed by atoms with E-state index < -0.39 is 0 Å². The largest absolute Gasteiger partial charge is 0.354 e. The molecule has 6 nitrogen and oxygen atoms in total. The van der Waals surface area contributed by atoms with Crippen LogP contribution in [0.25, 0.3) is 0 Å². The van der Waals surface area contributed by atoms with Crippen molar-refractivity contribution in [3.8, 4) is 0 Å². The number of rotatable bonds is 6. The highest BCUT2D eigenvalue weighted by atomic mass is 16.2. The highest BCUT2D eigenvalue weighted by Crippen LogP contribution is 1.94. The summed E-state index contributed by atoms with van der Waals surface area (Å²) < 4.78 is 1.64. The molecule has 0 aliphatic heterocycles. The van der Waals surface area contributed by atoms with Crippen LogP contribution in [0.3, 0.4) is 0 Å². The number of aromatic amines is 1. The maximum atomic E-state index is 11.6. The topological polar surface area (TPSA) is 75.6 Å². The van der Waals surface area contributed by atoms with Crippen LogP contribution in [0.4, 0.5) is 0 Å². The van der Waals surface area contributed by atoms with E-state index in [2.05, 4.69) is 20.4 Å². The predicted octanol–water partition coefficient (Wildman–Crippen LogP) is 0.664.